The van der Waals surface area contributed by atoms with Crippen LogP contribution in [-0.4, -0.2) is 48.1 Å². The molecule has 0 aromatic carbocycles. The minimum absolute atomic E-state index is 0.0321. The van der Waals surface area contributed by atoms with Gasteiger partial charge >= 0.3 is 0 Å². The number of nitrogens with zero attached hydrogens (tertiary/aromatic N) is 2. The third-order valence-corrected chi connectivity index (χ3v) is 3.09. The topological polar surface area (TPSA) is 54.5 Å². The van der Waals surface area contributed by atoms with Gasteiger partial charge in [-0.2, -0.15) is 0 Å². The first-order valence-electron chi connectivity index (χ1n) is 6.81. The Kier molecular flexibility index (Phi) is 4.74. The maximum absolute atomic E-state index is 12.3. The molecule has 1 saturated heterocycles. The second-order valence-electron chi connectivity index (χ2n) is 4.79. The molecule has 1 aromatic rings. The van der Waals surface area contributed by atoms with Crippen LogP contribution in [0.15, 0.2) is 18.3 Å². The number of nitrogens with one attached hydrogen (secondary N) is 1. The van der Waals surface area contributed by atoms with Crippen LogP contribution in [0.2, 0.25) is 0 Å². The zero-order valence-corrected chi connectivity index (χ0v) is 11.6. The molecule has 1 atom stereocenters. The van der Waals surface area contributed by atoms with E-state index in [1.54, 1.807) is 6.20 Å². The van der Waals surface area contributed by atoms with Crippen LogP contribution in [0, 0.1) is 0 Å². The van der Waals surface area contributed by atoms with E-state index in [1.807, 2.05) is 24.0 Å². The summed E-state index contributed by atoms with van der Waals surface area (Å²) in [4.78, 5) is 18.4. The van der Waals surface area contributed by atoms with Crippen LogP contribution in [0.25, 0.3) is 0 Å². The van der Waals surface area contributed by atoms with E-state index in [0.717, 1.165) is 18.8 Å². The lowest BCUT2D eigenvalue weighted by atomic mass is 10.2. The van der Waals surface area contributed by atoms with E-state index in [-0.39, 0.29) is 12.0 Å². The van der Waals surface area contributed by atoms with Crippen LogP contribution < -0.4 is 5.32 Å². The number of carbonyl (C=O) groups is 1. The lowest BCUT2D eigenvalue weighted by Gasteiger charge is -2.31. The summed E-state index contributed by atoms with van der Waals surface area (Å²) >= 11 is 0. The van der Waals surface area contributed by atoms with E-state index in [4.69, 9.17) is 4.74 Å². The molecule has 5 heteroatoms. The fourth-order valence-corrected chi connectivity index (χ4v) is 2.06. The highest BCUT2D eigenvalue weighted by molar-refractivity contribution is 5.94. The lowest BCUT2D eigenvalue weighted by molar-refractivity contribution is -0.0124. The average molecular weight is 263 g/mol. The number of pyridine rings is 1. The molecule has 0 radical (unpaired) electrons. The average Bonchev–Trinajstić information content (AvgIpc) is 2.45. The van der Waals surface area contributed by atoms with Crippen LogP contribution in [-0.2, 0) is 4.74 Å². The van der Waals surface area contributed by atoms with Crippen molar-refractivity contribution >= 4 is 11.7 Å². The molecule has 2 heterocycles. The zero-order valence-electron chi connectivity index (χ0n) is 11.6. The van der Waals surface area contributed by atoms with Crippen molar-refractivity contribution in [1.29, 1.82) is 0 Å². The summed E-state index contributed by atoms with van der Waals surface area (Å²) in [6.07, 6.45) is 2.80. The standard InChI is InChI=1S/C14H21N3O2/c1-3-6-15-13-5-4-12(9-16-13)14(18)17-7-8-19-11(2)10-17/h4-5,9,11H,3,6-8,10H2,1-2H3,(H,15,16). The van der Waals surface area contributed by atoms with Crippen molar-refractivity contribution in [2.75, 3.05) is 31.6 Å². The minimum atomic E-state index is 0.0321. The number of morpholine rings is 1. The smallest absolute Gasteiger partial charge is 0.255 e. The van der Waals surface area contributed by atoms with Gasteiger partial charge in [0.15, 0.2) is 0 Å². The molecule has 1 aliphatic heterocycles. The fraction of sp³-hybridized carbons (Fsp3) is 0.571. The van der Waals surface area contributed by atoms with Gasteiger partial charge in [-0.3, -0.25) is 4.79 Å². The third-order valence-electron chi connectivity index (χ3n) is 3.09. The van der Waals surface area contributed by atoms with E-state index >= 15 is 0 Å². The van der Waals surface area contributed by atoms with Crippen molar-refractivity contribution in [3.05, 3.63) is 23.9 Å². The quantitative estimate of drug-likeness (QED) is 0.899. The van der Waals surface area contributed by atoms with E-state index in [2.05, 4.69) is 17.2 Å². The zero-order chi connectivity index (χ0) is 13.7. The molecule has 1 aliphatic rings. The summed E-state index contributed by atoms with van der Waals surface area (Å²) in [6, 6.07) is 3.68. The van der Waals surface area contributed by atoms with Crippen molar-refractivity contribution in [2.24, 2.45) is 0 Å². The molecule has 0 aliphatic carbocycles. The molecule has 19 heavy (non-hydrogen) atoms. The number of rotatable bonds is 4. The summed E-state index contributed by atoms with van der Waals surface area (Å²) in [7, 11) is 0. The second-order valence-corrected chi connectivity index (χ2v) is 4.79. The van der Waals surface area contributed by atoms with Crippen LogP contribution >= 0.6 is 0 Å². The van der Waals surface area contributed by atoms with Crippen LogP contribution in [0.3, 0.4) is 0 Å². The van der Waals surface area contributed by atoms with Gasteiger partial charge in [-0.25, -0.2) is 4.98 Å². The summed E-state index contributed by atoms with van der Waals surface area (Å²) < 4.78 is 5.44. The Morgan fingerprint density at radius 2 is 2.42 bits per heavy atom. The summed E-state index contributed by atoms with van der Waals surface area (Å²) in [6.45, 7) is 6.88. The van der Waals surface area contributed by atoms with Gasteiger partial charge in [0.1, 0.15) is 5.82 Å². The van der Waals surface area contributed by atoms with Crippen LogP contribution in [0.5, 0.6) is 0 Å². The van der Waals surface area contributed by atoms with Gasteiger partial charge in [0.2, 0.25) is 0 Å². The van der Waals surface area contributed by atoms with Gasteiger partial charge in [0, 0.05) is 25.8 Å². The Morgan fingerprint density at radius 3 is 3.05 bits per heavy atom. The molecule has 0 spiro atoms. The molecule has 1 N–H and O–H groups in total. The number of ether oxygens (including phenoxy) is 1. The predicted molar refractivity (Wildman–Crippen MR) is 74.3 cm³/mol. The Balaban J connectivity index is 1.98. The first kappa shape index (κ1) is 13.8. The Bertz CT molecular complexity index is 419. The largest absolute Gasteiger partial charge is 0.375 e. The molecular weight excluding hydrogens is 242 g/mol. The Morgan fingerprint density at radius 1 is 1.58 bits per heavy atom. The van der Waals surface area contributed by atoms with Crippen LogP contribution in [0.1, 0.15) is 30.6 Å². The van der Waals surface area contributed by atoms with Crippen LogP contribution in [0.4, 0.5) is 5.82 Å². The number of hydrogen-bond donors (Lipinski definition) is 1. The van der Waals surface area contributed by atoms with E-state index in [9.17, 15) is 4.79 Å². The van der Waals surface area contributed by atoms with Gasteiger partial charge in [-0.1, -0.05) is 6.92 Å². The maximum Gasteiger partial charge on any atom is 0.255 e. The molecule has 2 rings (SSSR count). The van der Waals surface area contributed by atoms with Crippen molar-refractivity contribution < 1.29 is 9.53 Å². The van der Waals surface area contributed by atoms with E-state index in [1.165, 1.54) is 0 Å². The molecule has 1 amide bonds. The molecule has 5 nitrogen and oxygen atoms in total. The summed E-state index contributed by atoms with van der Waals surface area (Å²) in [5, 5.41) is 3.19. The highest BCUT2D eigenvalue weighted by Gasteiger charge is 2.22. The SMILES string of the molecule is CCCNc1ccc(C(=O)N2CCOC(C)C2)cn1. The van der Waals surface area contributed by atoms with Gasteiger partial charge in [0.25, 0.3) is 5.91 Å². The van der Waals surface area contributed by atoms with Gasteiger partial charge < -0.3 is 15.0 Å². The van der Waals surface area contributed by atoms with E-state index < -0.39 is 0 Å². The van der Waals surface area contributed by atoms with Gasteiger partial charge in [-0.15, -0.1) is 0 Å². The molecular formula is C14H21N3O2. The lowest BCUT2D eigenvalue weighted by Crippen LogP contribution is -2.44. The normalized spacial score (nSPS) is 19.3. The first-order valence-corrected chi connectivity index (χ1v) is 6.81. The van der Waals surface area contributed by atoms with E-state index in [0.29, 0.717) is 25.3 Å². The Hall–Kier alpha value is -1.62. The van der Waals surface area contributed by atoms with Crippen molar-refractivity contribution in [3.8, 4) is 0 Å². The molecule has 1 unspecified atom stereocenters. The fourth-order valence-electron chi connectivity index (χ4n) is 2.06. The maximum atomic E-state index is 12.3. The summed E-state index contributed by atoms with van der Waals surface area (Å²) in [5.41, 5.74) is 0.635. The third kappa shape index (κ3) is 3.67. The number of aromatic nitrogens is 1. The highest BCUT2D eigenvalue weighted by atomic mass is 16.5. The molecule has 1 aromatic heterocycles. The number of hydrogen-bond acceptors (Lipinski definition) is 4. The number of anilines is 1. The van der Waals surface area contributed by atoms with Crippen molar-refractivity contribution in [1.82, 2.24) is 9.88 Å². The number of carbonyl (C=O) groups excluding carboxylic acids is 1. The molecule has 104 valence electrons. The van der Waals surface area contributed by atoms with Crippen molar-refractivity contribution in [2.45, 2.75) is 26.4 Å². The molecule has 0 saturated carbocycles. The second kappa shape index (κ2) is 6.52. The summed E-state index contributed by atoms with van der Waals surface area (Å²) in [5.74, 6) is 0.846. The molecule has 0 bridgehead atoms. The van der Waals surface area contributed by atoms with Crippen molar-refractivity contribution in [3.63, 3.8) is 0 Å². The predicted octanol–water partition coefficient (Wildman–Crippen LogP) is 1.76. The Labute approximate surface area is 114 Å². The highest BCUT2D eigenvalue weighted by Crippen LogP contribution is 2.11. The first-order chi connectivity index (χ1) is 9.20. The van der Waals surface area contributed by atoms with Gasteiger partial charge in [0.05, 0.1) is 18.3 Å². The molecule has 1 fully saturated rings. The minimum Gasteiger partial charge on any atom is -0.375 e. The van der Waals surface area contributed by atoms with Gasteiger partial charge in [-0.05, 0) is 25.5 Å². The number of amides is 1. The monoisotopic (exact) mass is 263 g/mol.